The van der Waals surface area contributed by atoms with Gasteiger partial charge < -0.3 is 18.9 Å². The van der Waals surface area contributed by atoms with Crippen LogP contribution in [0.5, 0.6) is 23.3 Å². The molecule has 316 valence electrons. The van der Waals surface area contributed by atoms with Gasteiger partial charge in [0.05, 0.1) is 30.9 Å². The van der Waals surface area contributed by atoms with Crippen molar-refractivity contribution in [3.05, 3.63) is 113 Å². The number of methoxy groups -OCH3 is 2. The van der Waals surface area contributed by atoms with Crippen molar-refractivity contribution in [2.24, 2.45) is 0 Å². The Balaban J connectivity index is 0.000000223. The summed E-state index contributed by atoms with van der Waals surface area (Å²) in [6, 6.07) is 9.64. The molecule has 6 rings (SSSR count). The molecule has 59 heavy (non-hydrogen) atoms. The van der Waals surface area contributed by atoms with Crippen LogP contribution >= 0.6 is 38.5 Å². The lowest BCUT2D eigenvalue weighted by Gasteiger charge is -2.14. The Hall–Kier alpha value is -5.34. The molecule has 6 aromatic heterocycles. The number of fused-ring (bicyclic) bond motifs is 2. The molecule has 0 saturated heterocycles. The van der Waals surface area contributed by atoms with E-state index in [2.05, 4.69) is 40.6 Å². The lowest BCUT2D eigenvalue weighted by Crippen LogP contribution is -2.24. The van der Waals surface area contributed by atoms with E-state index in [1.165, 1.54) is 61.2 Å². The molecule has 0 N–H and O–H groups in total. The minimum atomic E-state index is -5.15. The van der Waals surface area contributed by atoms with Crippen LogP contribution in [-0.4, -0.2) is 62.3 Å². The first-order valence-corrected chi connectivity index (χ1v) is 17.7. The number of halogens is 13. The summed E-state index contributed by atoms with van der Waals surface area (Å²) in [5, 5.41) is 0. The van der Waals surface area contributed by atoms with E-state index >= 15 is 0 Å². The lowest BCUT2D eigenvalue weighted by atomic mass is 10.1. The average molecular weight is 1030 g/mol. The quantitative estimate of drug-likeness (QED) is 0.0871. The van der Waals surface area contributed by atoms with Crippen molar-refractivity contribution >= 4 is 49.8 Å². The summed E-state index contributed by atoms with van der Waals surface area (Å²) in [5.41, 5.74) is -7.45. The van der Waals surface area contributed by atoms with Crippen molar-refractivity contribution in [3.63, 3.8) is 0 Å². The molecule has 12 nitrogen and oxygen atoms in total. The van der Waals surface area contributed by atoms with Crippen molar-refractivity contribution in [3.8, 4) is 34.4 Å². The molecule has 0 aliphatic rings. The predicted octanol–water partition coefficient (Wildman–Crippen LogP) is 8.57. The third-order valence-electron chi connectivity index (χ3n) is 7.10. The minimum absolute atomic E-state index is 0.105. The van der Waals surface area contributed by atoms with Crippen LogP contribution in [0.25, 0.3) is 22.4 Å². The van der Waals surface area contributed by atoms with E-state index in [4.69, 9.17) is 14.2 Å². The van der Waals surface area contributed by atoms with Crippen LogP contribution in [0.15, 0.2) is 75.0 Å². The van der Waals surface area contributed by atoms with E-state index in [0.29, 0.717) is 34.8 Å². The molecule has 6 heterocycles. The maximum absolute atomic E-state index is 14.4. The molecule has 0 atom stereocenters. The summed E-state index contributed by atoms with van der Waals surface area (Å²) in [4.78, 5) is 37.9. The van der Waals surface area contributed by atoms with Crippen molar-refractivity contribution in [1.82, 2.24) is 28.7 Å². The first kappa shape index (κ1) is 46.4. The summed E-state index contributed by atoms with van der Waals surface area (Å²) in [5.74, 6) is -2.23. The highest BCUT2D eigenvalue weighted by molar-refractivity contribution is 14.1. The summed E-state index contributed by atoms with van der Waals surface area (Å²) in [6.07, 6.45) is -12.1. The van der Waals surface area contributed by atoms with Gasteiger partial charge in [-0.3, -0.25) is 18.4 Å². The molecule has 6 aromatic rings. The van der Waals surface area contributed by atoms with Gasteiger partial charge in [-0.15, -0.1) is 0 Å². The third-order valence-corrected chi connectivity index (χ3v) is 8.67. The highest BCUT2D eigenvalue weighted by Crippen LogP contribution is 2.36. The van der Waals surface area contributed by atoms with Crippen molar-refractivity contribution in [2.75, 3.05) is 27.4 Å². The number of hydrogen-bond acceptors (Lipinski definition) is 10. The van der Waals surface area contributed by atoms with Crippen molar-refractivity contribution in [2.45, 2.75) is 25.5 Å². The van der Waals surface area contributed by atoms with E-state index in [1.807, 2.05) is 6.92 Å². The average Bonchev–Trinajstić information content (AvgIpc) is 3.16. The van der Waals surface area contributed by atoms with E-state index in [0.717, 1.165) is 21.1 Å². The molecule has 0 aliphatic heterocycles. The molecule has 0 fully saturated rings. The van der Waals surface area contributed by atoms with Crippen LogP contribution in [0.3, 0.4) is 0 Å². The number of rotatable bonds is 7. The van der Waals surface area contributed by atoms with Gasteiger partial charge in [0, 0.05) is 42.2 Å². The zero-order valence-corrected chi connectivity index (χ0v) is 33.5. The maximum atomic E-state index is 14.4. The Morgan fingerprint density at radius 2 is 1.17 bits per heavy atom. The van der Waals surface area contributed by atoms with Gasteiger partial charge >= 0.3 is 18.5 Å². The fourth-order valence-corrected chi connectivity index (χ4v) is 5.48. The third kappa shape index (κ3) is 11.7. The number of nitrogens with zero attached hydrogens (tertiary/aromatic N) is 6. The van der Waals surface area contributed by atoms with Gasteiger partial charge in [0.1, 0.15) is 26.4 Å². The Bertz CT molecular complexity index is 2590. The molecular formula is C34H23BrF11IN6O6. The molecular weight excluding hydrogens is 1000 g/mol. The summed E-state index contributed by atoms with van der Waals surface area (Å²) < 4.78 is 163. The molecule has 0 spiro atoms. The van der Waals surface area contributed by atoms with Crippen LogP contribution in [0, 0.1) is 15.5 Å². The normalized spacial score (nSPS) is 11.7. The van der Waals surface area contributed by atoms with Crippen LogP contribution in [0.2, 0.25) is 0 Å². The second kappa shape index (κ2) is 18.7. The number of alkyl halides is 9. The summed E-state index contributed by atoms with van der Waals surface area (Å²) >= 11 is 4.34. The zero-order valence-electron chi connectivity index (χ0n) is 29.7. The minimum Gasteiger partial charge on any atom is -0.497 e. The first-order valence-electron chi connectivity index (χ1n) is 15.8. The van der Waals surface area contributed by atoms with Crippen molar-refractivity contribution < 1.29 is 67.2 Å². The smallest absolute Gasteiger partial charge is 0.434 e. The van der Waals surface area contributed by atoms with Crippen LogP contribution in [0.4, 0.5) is 48.3 Å². The number of pyridine rings is 4. The molecule has 25 heteroatoms. The summed E-state index contributed by atoms with van der Waals surface area (Å²) in [6.45, 7) is 0.532. The van der Waals surface area contributed by atoms with E-state index < -0.39 is 85.8 Å². The van der Waals surface area contributed by atoms with Crippen LogP contribution in [-0.2, 0) is 12.4 Å². The maximum Gasteiger partial charge on any atom is 0.434 e. The number of hydrogen-bond donors (Lipinski definition) is 0. The Morgan fingerprint density at radius 3 is 1.64 bits per heavy atom. The van der Waals surface area contributed by atoms with Gasteiger partial charge in [-0.05, 0) is 69.7 Å². The highest BCUT2D eigenvalue weighted by Gasteiger charge is 2.39. The van der Waals surface area contributed by atoms with Gasteiger partial charge in [-0.25, -0.2) is 9.97 Å². The lowest BCUT2D eigenvalue weighted by molar-refractivity contribution is -0.154. The van der Waals surface area contributed by atoms with Gasteiger partial charge in [0.15, 0.2) is 18.0 Å². The van der Waals surface area contributed by atoms with E-state index in [-0.39, 0.29) is 11.4 Å². The molecule has 0 unspecified atom stereocenters. The Kier molecular flexibility index (Phi) is 14.7. The fourth-order valence-electron chi connectivity index (χ4n) is 4.58. The first-order chi connectivity index (χ1) is 27.5. The second-order valence-corrected chi connectivity index (χ2v) is 13.0. The van der Waals surface area contributed by atoms with Crippen LogP contribution < -0.4 is 30.1 Å². The molecule has 0 aliphatic carbocycles. The summed E-state index contributed by atoms with van der Waals surface area (Å²) in [7, 11) is 2.63. The van der Waals surface area contributed by atoms with Gasteiger partial charge in [0.25, 0.3) is 11.1 Å². The fraction of sp³-hybridized carbons (Fsp3) is 0.235. The molecule has 0 aromatic carbocycles. The molecule has 0 bridgehead atoms. The van der Waals surface area contributed by atoms with Gasteiger partial charge in [0.2, 0.25) is 23.7 Å². The largest absolute Gasteiger partial charge is 0.497 e. The Morgan fingerprint density at radius 1 is 0.678 bits per heavy atom. The highest BCUT2D eigenvalue weighted by atomic mass is 127. The topological polar surface area (TPSA) is 131 Å². The molecule has 0 radical (unpaired) electrons. The predicted molar refractivity (Wildman–Crippen MR) is 197 cm³/mol. The zero-order chi connectivity index (χ0) is 44.0. The van der Waals surface area contributed by atoms with E-state index in [9.17, 15) is 57.9 Å². The second-order valence-electron chi connectivity index (χ2n) is 11.1. The van der Waals surface area contributed by atoms with Crippen molar-refractivity contribution in [1.29, 1.82) is 0 Å². The molecule has 0 amide bonds. The number of ether oxygens (including phenoxy) is 4. The van der Waals surface area contributed by atoms with Crippen LogP contribution in [0.1, 0.15) is 18.3 Å². The number of aromatic nitrogens is 6. The Labute approximate surface area is 344 Å². The standard InChI is InChI=1S/C17H10F7N3O3.C10H6F3IN2O2.C7H7BrFNO/c1-29-8-4-5-27-10(6-8)25-13(17(22,23)24)12(15(27)28)9-2-3-11(26-14(9)18)30-7-16(19,20)21;1-18-5-2-3-16-6(4-5)15-8(10(11,12)13)7(14)9(16)17;1-2-11-6-4-3-5(8)7(9)10-6/h2-6H,7H2,1H3;2-4H,1H3;3-4H,2H2,1H3. The molecule has 0 saturated carbocycles. The SMILES string of the molecule is CCOc1ccc(Br)c(F)n1.COc1ccn2c(=O)c(-c3ccc(OCC(F)(F)F)nc3F)c(C(F)(F)F)nc2c1.COc1ccn2c(=O)c(I)c(C(F)(F)F)nc2c1. The van der Waals surface area contributed by atoms with Gasteiger partial charge in [-0.2, -0.15) is 58.3 Å². The van der Waals surface area contributed by atoms with Gasteiger partial charge in [-0.1, -0.05) is 0 Å². The monoisotopic (exact) mass is 1030 g/mol. The van der Waals surface area contributed by atoms with E-state index in [1.54, 1.807) is 12.1 Å².